The first kappa shape index (κ1) is 18.0. The second-order valence-corrected chi connectivity index (χ2v) is 6.66. The fourth-order valence-electron chi connectivity index (χ4n) is 3.18. The monoisotopic (exact) mass is 359 g/mol. The van der Waals surface area contributed by atoms with Crippen molar-refractivity contribution in [1.82, 2.24) is 5.16 Å². The van der Waals surface area contributed by atoms with Gasteiger partial charge in [-0.1, -0.05) is 24.2 Å². The number of aryl methyl sites for hydroxylation is 1. The summed E-state index contributed by atoms with van der Waals surface area (Å²) in [4.78, 5) is 24.0. The van der Waals surface area contributed by atoms with Crippen LogP contribution in [0.15, 0.2) is 28.8 Å². The minimum Gasteiger partial charge on any atom is -0.491 e. The molecule has 1 aromatic heterocycles. The fraction of sp³-hybridized carbons (Fsp3) is 0.421. The SMILES string of the molecule is CN1C(=O)CCOc2ccccc21.C[C@H]1CCc2onc(C(N)=O)c2C1.[HH]. The number of anilines is 1. The maximum Gasteiger partial charge on any atom is 0.271 e. The zero-order valence-corrected chi connectivity index (χ0v) is 15.0. The minimum atomic E-state index is -0.487. The summed E-state index contributed by atoms with van der Waals surface area (Å²) in [5, 5.41) is 3.68. The van der Waals surface area contributed by atoms with Gasteiger partial charge in [0.2, 0.25) is 5.91 Å². The summed E-state index contributed by atoms with van der Waals surface area (Å²) in [6, 6.07) is 7.57. The van der Waals surface area contributed by atoms with Gasteiger partial charge in [0, 0.05) is 20.5 Å². The number of primary amides is 1. The van der Waals surface area contributed by atoms with Crippen molar-refractivity contribution in [3.8, 4) is 5.75 Å². The summed E-state index contributed by atoms with van der Waals surface area (Å²) in [6.07, 6.45) is 3.28. The summed E-state index contributed by atoms with van der Waals surface area (Å²) in [6.45, 7) is 2.63. The number of fused-ring (bicyclic) bond motifs is 2. The molecule has 0 unspecified atom stereocenters. The molecule has 2 aromatic rings. The van der Waals surface area contributed by atoms with Crippen molar-refractivity contribution >= 4 is 17.5 Å². The van der Waals surface area contributed by atoms with Crippen LogP contribution in [0.25, 0.3) is 0 Å². The third-order valence-electron chi connectivity index (χ3n) is 4.69. The molecule has 0 bridgehead atoms. The molecule has 26 heavy (non-hydrogen) atoms. The molecule has 2 heterocycles. The van der Waals surface area contributed by atoms with Gasteiger partial charge in [-0.05, 0) is 30.9 Å². The summed E-state index contributed by atoms with van der Waals surface area (Å²) in [5.41, 5.74) is 7.26. The number of hydrogen-bond donors (Lipinski definition) is 1. The first-order chi connectivity index (χ1) is 12.5. The Morgan fingerprint density at radius 1 is 1.35 bits per heavy atom. The zero-order chi connectivity index (χ0) is 18.7. The van der Waals surface area contributed by atoms with Crippen molar-refractivity contribution in [3.05, 3.63) is 41.3 Å². The van der Waals surface area contributed by atoms with Gasteiger partial charge in [0.1, 0.15) is 11.5 Å². The highest BCUT2D eigenvalue weighted by atomic mass is 16.5. The Labute approximate surface area is 153 Å². The van der Waals surface area contributed by atoms with Crippen molar-refractivity contribution in [1.29, 1.82) is 0 Å². The average molecular weight is 359 g/mol. The van der Waals surface area contributed by atoms with Gasteiger partial charge < -0.3 is 19.9 Å². The predicted molar refractivity (Wildman–Crippen MR) is 98.3 cm³/mol. The number of ether oxygens (including phenoxy) is 1. The van der Waals surface area contributed by atoms with Gasteiger partial charge in [-0.3, -0.25) is 9.59 Å². The number of para-hydroxylation sites is 2. The topological polar surface area (TPSA) is 98.7 Å². The van der Waals surface area contributed by atoms with Crippen molar-refractivity contribution < 1.29 is 20.3 Å². The van der Waals surface area contributed by atoms with E-state index in [4.69, 9.17) is 15.0 Å². The van der Waals surface area contributed by atoms with E-state index in [1.54, 1.807) is 11.9 Å². The molecule has 4 rings (SSSR count). The number of amides is 2. The van der Waals surface area contributed by atoms with E-state index in [0.717, 1.165) is 42.0 Å². The largest absolute Gasteiger partial charge is 0.491 e. The molecule has 0 saturated carbocycles. The Bertz CT molecular complexity index is 821. The maximum absolute atomic E-state index is 11.4. The third-order valence-corrected chi connectivity index (χ3v) is 4.69. The molecule has 2 amide bonds. The van der Waals surface area contributed by atoms with Crippen LogP contribution < -0.4 is 15.4 Å². The Kier molecular flexibility index (Phi) is 5.25. The number of nitrogens with zero attached hydrogens (tertiary/aromatic N) is 2. The molecule has 2 aliphatic rings. The molecule has 0 radical (unpaired) electrons. The van der Waals surface area contributed by atoms with Crippen LogP contribution in [-0.2, 0) is 17.6 Å². The van der Waals surface area contributed by atoms with E-state index in [0.29, 0.717) is 24.6 Å². The molecule has 1 aliphatic heterocycles. The van der Waals surface area contributed by atoms with Crippen molar-refractivity contribution in [2.24, 2.45) is 11.7 Å². The highest BCUT2D eigenvalue weighted by molar-refractivity contribution is 5.95. The van der Waals surface area contributed by atoms with Crippen LogP contribution in [-0.4, -0.2) is 30.6 Å². The zero-order valence-electron chi connectivity index (χ0n) is 15.0. The number of rotatable bonds is 1. The molecular formula is C19H25N3O4. The summed E-state index contributed by atoms with van der Waals surface area (Å²) in [5.74, 6) is 1.83. The molecule has 0 saturated heterocycles. The molecule has 0 fully saturated rings. The van der Waals surface area contributed by atoms with Crippen LogP contribution in [0, 0.1) is 5.92 Å². The summed E-state index contributed by atoms with van der Waals surface area (Å²) < 4.78 is 10.5. The van der Waals surface area contributed by atoms with Gasteiger partial charge in [-0.15, -0.1) is 0 Å². The standard InChI is InChI=1S/C10H11NO2.C9H12N2O2.H2/c1-11-8-4-2-3-5-9(8)13-7-6-10(11)12;1-5-2-3-7-6(4-5)8(9(10)12)11-13-7;/h2-5H,6-7H2,1H3;5H,2-4H2,1H3,(H2,10,12);1H/t;5-;/m.0./s1. The second-order valence-electron chi connectivity index (χ2n) is 6.66. The lowest BCUT2D eigenvalue weighted by Crippen LogP contribution is -2.24. The van der Waals surface area contributed by atoms with Gasteiger partial charge in [0.25, 0.3) is 5.91 Å². The number of nitrogens with two attached hydrogens (primary N) is 1. The first-order valence-electron chi connectivity index (χ1n) is 8.73. The second kappa shape index (κ2) is 7.59. The molecule has 1 aromatic carbocycles. The van der Waals surface area contributed by atoms with E-state index in [1.165, 1.54) is 0 Å². The van der Waals surface area contributed by atoms with Crippen LogP contribution >= 0.6 is 0 Å². The first-order valence-corrected chi connectivity index (χ1v) is 8.73. The van der Waals surface area contributed by atoms with E-state index in [1.807, 2.05) is 24.3 Å². The summed E-state index contributed by atoms with van der Waals surface area (Å²) in [7, 11) is 1.77. The van der Waals surface area contributed by atoms with E-state index < -0.39 is 5.91 Å². The van der Waals surface area contributed by atoms with Crippen LogP contribution in [0.1, 0.15) is 43.0 Å². The smallest absolute Gasteiger partial charge is 0.271 e. The Hall–Kier alpha value is -2.83. The number of hydrogen-bond acceptors (Lipinski definition) is 5. The lowest BCUT2D eigenvalue weighted by Gasteiger charge is -2.15. The van der Waals surface area contributed by atoms with Crippen LogP contribution in [0.3, 0.4) is 0 Å². The highest BCUT2D eigenvalue weighted by Gasteiger charge is 2.25. The molecule has 7 heteroatoms. The molecule has 0 spiro atoms. The minimum absolute atomic E-state index is 0. The Balaban J connectivity index is 0.000000187. The predicted octanol–water partition coefficient (Wildman–Crippen LogP) is 2.58. The number of benzene rings is 1. The molecule has 2 N–H and O–H groups in total. The van der Waals surface area contributed by atoms with Crippen molar-refractivity contribution in [2.75, 3.05) is 18.6 Å². The molecule has 7 nitrogen and oxygen atoms in total. The van der Waals surface area contributed by atoms with Gasteiger partial charge in [-0.25, -0.2) is 0 Å². The van der Waals surface area contributed by atoms with Gasteiger partial charge in [0.05, 0.1) is 18.7 Å². The number of aromatic nitrogens is 1. The van der Waals surface area contributed by atoms with Crippen molar-refractivity contribution in [2.45, 2.75) is 32.6 Å². The lowest BCUT2D eigenvalue weighted by atomic mass is 9.88. The maximum atomic E-state index is 11.4. The Morgan fingerprint density at radius 3 is 2.88 bits per heavy atom. The van der Waals surface area contributed by atoms with E-state index >= 15 is 0 Å². The highest BCUT2D eigenvalue weighted by Crippen LogP contribution is 2.29. The van der Waals surface area contributed by atoms with Crippen molar-refractivity contribution in [3.63, 3.8) is 0 Å². The van der Waals surface area contributed by atoms with E-state index in [2.05, 4.69) is 12.1 Å². The molecular weight excluding hydrogens is 334 g/mol. The molecule has 140 valence electrons. The third kappa shape index (κ3) is 3.71. The number of carbonyl (C=O) groups is 2. The lowest BCUT2D eigenvalue weighted by molar-refractivity contribution is -0.118. The van der Waals surface area contributed by atoms with Gasteiger partial charge in [-0.2, -0.15) is 0 Å². The number of carbonyl (C=O) groups excluding carboxylic acids is 2. The van der Waals surface area contributed by atoms with E-state index in [9.17, 15) is 9.59 Å². The molecule has 1 atom stereocenters. The fourth-order valence-corrected chi connectivity index (χ4v) is 3.18. The van der Waals surface area contributed by atoms with Crippen LogP contribution in [0.5, 0.6) is 5.75 Å². The Morgan fingerprint density at radius 2 is 2.12 bits per heavy atom. The average Bonchev–Trinajstić information content (AvgIpc) is 2.99. The van der Waals surface area contributed by atoms with Crippen LogP contribution in [0.4, 0.5) is 5.69 Å². The van der Waals surface area contributed by atoms with E-state index in [-0.39, 0.29) is 7.33 Å². The summed E-state index contributed by atoms with van der Waals surface area (Å²) >= 11 is 0. The van der Waals surface area contributed by atoms with Gasteiger partial charge in [0.15, 0.2) is 5.69 Å². The van der Waals surface area contributed by atoms with Gasteiger partial charge >= 0.3 is 0 Å². The normalized spacial score (nSPS) is 18.6. The molecule has 1 aliphatic carbocycles. The quantitative estimate of drug-likeness (QED) is 0.844. The van der Waals surface area contributed by atoms with Crippen LogP contribution in [0.2, 0.25) is 0 Å².